The van der Waals surface area contributed by atoms with Crippen LogP contribution in [0.5, 0.6) is 5.75 Å². The SMILES string of the molecule is CCC(C)(Pc1ccccc1N1CCCCC1)c1cc(C)cc(C(C)(C)C)c1OCc1ccccc1. The second-order valence-corrected chi connectivity index (χ2v) is 13.5. The molecule has 1 aliphatic rings. The number of rotatable bonds is 8. The fourth-order valence-corrected chi connectivity index (χ4v) is 6.90. The summed E-state index contributed by atoms with van der Waals surface area (Å²) >= 11 is 0. The monoisotopic (exact) mass is 501 g/mol. The molecule has 0 radical (unpaired) electrons. The quantitative estimate of drug-likeness (QED) is 0.287. The Morgan fingerprint density at radius 3 is 2.14 bits per heavy atom. The molecule has 1 fully saturated rings. The third-order valence-corrected chi connectivity index (χ3v) is 9.45. The lowest BCUT2D eigenvalue weighted by atomic mass is 9.81. The molecule has 2 nitrogen and oxygen atoms in total. The number of benzene rings is 3. The summed E-state index contributed by atoms with van der Waals surface area (Å²) in [7, 11) is 0.671. The minimum absolute atomic E-state index is 0.00371. The van der Waals surface area contributed by atoms with Crippen molar-refractivity contribution in [1.29, 1.82) is 0 Å². The van der Waals surface area contributed by atoms with Gasteiger partial charge >= 0.3 is 0 Å². The molecule has 4 rings (SSSR count). The van der Waals surface area contributed by atoms with Crippen LogP contribution in [0.3, 0.4) is 0 Å². The lowest BCUT2D eigenvalue weighted by molar-refractivity contribution is 0.291. The molecule has 2 atom stereocenters. The third-order valence-electron chi connectivity index (χ3n) is 7.58. The van der Waals surface area contributed by atoms with E-state index in [-0.39, 0.29) is 10.6 Å². The van der Waals surface area contributed by atoms with Crippen molar-refractivity contribution in [2.45, 2.75) is 84.4 Å². The molecule has 2 unspecified atom stereocenters. The topological polar surface area (TPSA) is 12.5 Å². The zero-order valence-corrected chi connectivity index (χ0v) is 24.2. The minimum atomic E-state index is -0.00999. The first-order valence-electron chi connectivity index (χ1n) is 13.7. The van der Waals surface area contributed by atoms with Crippen LogP contribution in [-0.4, -0.2) is 13.1 Å². The largest absolute Gasteiger partial charge is 0.488 e. The van der Waals surface area contributed by atoms with Crippen molar-refractivity contribution in [3.63, 3.8) is 0 Å². The molecule has 36 heavy (non-hydrogen) atoms. The molecule has 0 N–H and O–H groups in total. The van der Waals surface area contributed by atoms with Crippen LogP contribution in [0.4, 0.5) is 5.69 Å². The Bertz CT molecular complexity index is 1140. The highest BCUT2D eigenvalue weighted by Crippen LogP contribution is 2.51. The van der Waals surface area contributed by atoms with Gasteiger partial charge in [0, 0.05) is 35.1 Å². The Kier molecular flexibility index (Phi) is 8.46. The number of para-hydroxylation sites is 1. The van der Waals surface area contributed by atoms with E-state index >= 15 is 0 Å². The number of piperidine rings is 1. The molecule has 0 aliphatic carbocycles. The lowest BCUT2D eigenvalue weighted by Gasteiger charge is -2.36. The van der Waals surface area contributed by atoms with Crippen molar-refractivity contribution in [2.75, 3.05) is 18.0 Å². The van der Waals surface area contributed by atoms with Gasteiger partial charge in [-0.25, -0.2) is 0 Å². The average Bonchev–Trinajstić information content (AvgIpc) is 2.88. The summed E-state index contributed by atoms with van der Waals surface area (Å²) in [5, 5.41) is 1.47. The number of hydrogen-bond donors (Lipinski definition) is 0. The van der Waals surface area contributed by atoms with Gasteiger partial charge in [0.15, 0.2) is 0 Å². The molecular weight excluding hydrogens is 457 g/mol. The maximum atomic E-state index is 6.76. The molecule has 192 valence electrons. The van der Waals surface area contributed by atoms with E-state index in [9.17, 15) is 0 Å². The number of nitrogens with zero attached hydrogens (tertiary/aromatic N) is 1. The van der Waals surface area contributed by atoms with Crippen molar-refractivity contribution in [3.8, 4) is 5.75 Å². The van der Waals surface area contributed by atoms with Crippen LogP contribution in [0.2, 0.25) is 0 Å². The van der Waals surface area contributed by atoms with E-state index in [1.807, 2.05) is 0 Å². The first kappa shape index (κ1) is 26.7. The smallest absolute Gasteiger partial charge is 0.127 e. The predicted molar refractivity (Wildman–Crippen MR) is 159 cm³/mol. The zero-order chi connectivity index (χ0) is 25.8. The van der Waals surface area contributed by atoms with E-state index in [0.29, 0.717) is 15.2 Å². The van der Waals surface area contributed by atoms with Gasteiger partial charge in [0.05, 0.1) is 0 Å². The first-order valence-corrected chi connectivity index (χ1v) is 14.7. The molecule has 1 aliphatic heterocycles. The first-order chi connectivity index (χ1) is 17.2. The molecule has 1 heterocycles. The maximum absolute atomic E-state index is 6.76. The number of anilines is 1. The van der Waals surface area contributed by atoms with Crippen molar-refractivity contribution in [1.82, 2.24) is 0 Å². The normalized spacial score (nSPS) is 16.3. The Labute approximate surface area is 221 Å². The second kappa shape index (κ2) is 11.4. The summed E-state index contributed by atoms with van der Waals surface area (Å²) in [4.78, 5) is 2.62. The summed E-state index contributed by atoms with van der Waals surface area (Å²) in [5.41, 5.74) is 6.62. The van der Waals surface area contributed by atoms with Gasteiger partial charge in [-0.1, -0.05) is 109 Å². The maximum Gasteiger partial charge on any atom is 0.127 e. The Morgan fingerprint density at radius 2 is 1.47 bits per heavy atom. The summed E-state index contributed by atoms with van der Waals surface area (Å²) in [6.45, 7) is 16.9. The number of ether oxygens (including phenoxy) is 1. The molecule has 3 heteroatoms. The predicted octanol–water partition coefficient (Wildman–Crippen LogP) is 8.49. The molecule has 0 amide bonds. The highest BCUT2D eigenvalue weighted by Gasteiger charge is 2.33. The van der Waals surface area contributed by atoms with Crippen molar-refractivity contribution in [3.05, 3.63) is 89.0 Å². The van der Waals surface area contributed by atoms with Crippen LogP contribution < -0.4 is 14.9 Å². The van der Waals surface area contributed by atoms with Crippen LogP contribution in [0.25, 0.3) is 0 Å². The van der Waals surface area contributed by atoms with Crippen LogP contribution in [0.1, 0.15) is 82.6 Å². The molecule has 0 spiro atoms. The molecule has 0 saturated carbocycles. The number of aryl methyl sites for hydroxylation is 1. The van der Waals surface area contributed by atoms with E-state index in [1.165, 1.54) is 65.6 Å². The minimum Gasteiger partial charge on any atom is -0.488 e. The van der Waals surface area contributed by atoms with Gasteiger partial charge in [-0.05, 0) is 55.0 Å². The Morgan fingerprint density at radius 1 is 0.833 bits per heavy atom. The van der Waals surface area contributed by atoms with Gasteiger partial charge in [0.25, 0.3) is 0 Å². The summed E-state index contributed by atoms with van der Waals surface area (Å²) in [6, 6.07) is 24.4. The van der Waals surface area contributed by atoms with Gasteiger partial charge in [0.2, 0.25) is 0 Å². The number of hydrogen-bond acceptors (Lipinski definition) is 2. The third kappa shape index (κ3) is 6.15. The molecule has 0 aromatic heterocycles. The van der Waals surface area contributed by atoms with Gasteiger partial charge in [-0.3, -0.25) is 0 Å². The zero-order valence-electron chi connectivity index (χ0n) is 23.2. The van der Waals surface area contributed by atoms with E-state index < -0.39 is 0 Å². The summed E-state index contributed by atoms with van der Waals surface area (Å²) < 4.78 is 6.76. The highest BCUT2D eigenvalue weighted by atomic mass is 31.1. The second-order valence-electron chi connectivity index (χ2n) is 11.6. The molecule has 1 saturated heterocycles. The van der Waals surface area contributed by atoms with Crippen LogP contribution in [0.15, 0.2) is 66.7 Å². The standard InChI is InChI=1S/C33H44NOP/c1-7-33(6,36-30-19-13-12-18-29(30)34-20-14-9-15-21-34)28-23-25(2)22-27(32(3,4)5)31(28)35-24-26-16-10-8-11-17-26/h8,10-13,16-19,22-23,36H,7,9,14-15,20-21,24H2,1-6H3. The van der Waals surface area contributed by atoms with Gasteiger partial charge in [-0.15, -0.1) is 0 Å². The van der Waals surface area contributed by atoms with Crippen LogP contribution >= 0.6 is 8.58 Å². The van der Waals surface area contributed by atoms with E-state index in [0.717, 1.165) is 12.2 Å². The fourth-order valence-electron chi connectivity index (χ4n) is 5.26. The lowest BCUT2D eigenvalue weighted by Crippen LogP contribution is -2.33. The van der Waals surface area contributed by atoms with E-state index in [4.69, 9.17) is 4.74 Å². The van der Waals surface area contributed by atoms with Crippen LogP contribution in [-0.2, 0) is 17.2 Å². The average molecular weight is 502 g/mol. The summed E-state index contributed by atoms with van der Waals surface area (Å²) in [5.74, 6) is 1.09. The van der Waals surface area contributed by atoms with Crippen molar-refractivity contribution < 1.29 is 4.74 Å². The summed E-state index contributed by atoms with van der Waals surface area (Å²) in [6.07, 6.45) is 5.02. The van der Waals surface area contributed by atoms with Gasteiger partial charge in [0.1, 0.15) is 12.4 Å². The van der Waals surface area contributed by atoms with E-state index in [1.54, 1.807) is 0 Å². The van der Waals surface area contributed by atoms with Crippen molar-refractivity contribution in [2.24, 2.45) is 0 Å². The molecule has 3 aromatic carbocycles. The Hall–Kier alpha value is -2.31. The highest BCUT2D eigenvalue weighted by molar-refractivity contribution is 7.49. The van der Waals surface area contributed by atoms with Gasteiger partial charge in [-0.2, -0.15) is 0 Å². The van der Waals surface area contributed by atoms with Gasteiger partial charge < -0.3 is 9.64 Å². The Balaban J connectivity index is 1.77. The van der Waals surface area contributed by atoms with Crippen molar-refractivity contribution >= 4 is 19.6 Å². The van der Waals surface area contributed by atoms with E-state index in [2.05, 4.69) is 113 Å². The van der Waals surface area contributed by atoms with Crippen LogP contribution in [0, 0.1) is 6.92 Å². The molecular formula is C33H44NOP. The molecule has 0 bridgehead atoms. The fraction of sp³-hybridized carbons (Fsp3) is 0.455. The molecule has 3 aromatic rings.